The highest BCUT2D eigenvalue weighted by Gasteiger charge is 2.05. The molecule has 0 spiro atoms. The molecule has 0 saturated carbocycles. The smallest absolute Gasteiger partial charge is 0.259 e. The molecule has 1 N–H and O–H groups in total. The lowest BCUT2D eigenvalue weighted by Gasteiger charge is -2.11. The van der Waals surface area contributed by atoms with Crippen molar-refractivity contribution in [3.8, 4) is 5.75 Å². The predicted octanol–water partition coefficient (Wildman–Crippen LogP) is 2.71. The fourth-order valence-electron chi connectivity index (χ4n) is 1.79. The third kappa shape index (κ3) is 5.31. The average molecular weight is 328 g/mol. The van der Waals surface area contributed by atoms with Crippen LogP contribution in [0.15, 0.2) is 46.9 Å². The monoisotopic (exact) mass is 328 g/mol. The van der Waals surface area contributed by atoms with E-state index in [9.17, 15) is 9.59 Å². The van der Waals surface area contributed by atoms with Crippen molar-refractivity contribution in [2.45, 2.75) is 6.92 Å². The SMILES string of the molecule is Cc1ccc(/C=C/C(=O)Nc2ccc(OCC(=O)N(C)C)cc2)o1. The maximum atomic E-state index is 11.8. The van der Waals surface area contributed by atoms with E-state index in [1.807, 2.05) is 13.0 Å². The Bertz CT molecular complexity index is 730. The van der Waals surface area contributed by atoms with Gasteiger partial charge < -0.3 is 19.4 Å². The Labute approximate surface area is 140 Å². The number of carbonyl (C=O) groups is 2. The molecule has 6 nitrogen and oxygen atoms in total. The lowest BCUT2D eigenvalue weighted by atomic mass is 10.3. The van der Waals surface area contributed by atoms with Crippen molar-refractivity contribution in [3.05, 3.63) is 54.0 Å². The lowest BCUT2D eigenvalue weighted by molar-refractivity contribution is -0.130. The standard InChI is InChI=1S/C18H20N2O4/c1-13-4-7-16(24-13)10-11-17(21)19-14-5-8-15(9-6-14)23-12-18(22)20(2)3/h4-11H,12H2,1-3H3,(H,19,21)/b11-10+. The van der Waals surface area contributed by atoms with Crippen molar-refractivity contribution in [2.75, 3.05) is 26.0 Å². The van der Waals surface area contributed by atoms with Crippen molar-refractivity contribution in [3.63, 3.8) is 0 Å². The molecule has 0 aliphatic rings. The number of rotatable bonds is 6. The van der Waals surface area contributed by atoms with Crippen molar-refractivity contribution >= 4 is 23.6 Å². The Morgan fingerprint density at radius 2 is 1.88 bits per heavy atom. The van der Waals surface area contributed by atoms with Gasteiger partial charge in [0.1, 0.15) is 17.3 Å². The number of benzene rings is 1. The summed E-state index contributed by atoms with van der Waals surface area (Å²) in [5.74, 6) is 1.59. The maximum Gasteiger partial charge on any atom is 0.259 e. The van der Waals surface area contributed by atoms with Gasteiger partial charge in [0.2, 0.25) is 5.91 Å². The molecule has 2 aromatic rings. The van der Waals surface area contributed by atoms with E-state index in [-0.39, 0.29) is 18.4 Å². The number of likely N-dealkylation sites (N-methyl/N-ethyl adjacent to an activating group) is 1. The van der Waals surface area contributed by atoms with Crippen molar-refractivity contribution in [1.82, 2.24) is 4.90 Å². The minimum absolute atomic E-state index is 0.0238. The third-order valence-corrected chi connectivity index (χ3v) is 3.14. The van der Waals surface area contributed by atoms with Gasteiger partial charge in [0, 0.05) is 25.9 Å². The number of carbonyl (C=O) groups excluding carboxylic acids is 2. The fourth-order valence-corrected chi connectivity index (χ4v) is 1.79. The highest BCUT2D eigenvalue weighted by molar-refractivity contribution is 6.01. The lowest BCUT2D eigenvalue weighted by Crippen LogP contribution is -2.27. The molecule has 0 fully saturated rings. The molecule has 0 bridgehead atoms. The molecule has 0 radical (unpaired) electrons. The van der Waals surface area contributed by atoms with Gasteiger partial charge in [0.25, 0.3) is 5.91 Å². The number of hydrogen-bond acceptors (Lipinski definition) is 4. The summed E-state index contributed by atoms with van der Waals surface area (Å²) < 4.78 is 10.7. The van der Waals surface area contributed by atoms with Crippen molar-refractivity contribution in [2.24, 2.45) is 0 Å². The second kappa shape index (κ2) is 8.01. The number of hydrogen-bond donors (Lipinski definition) is 1. The minimum atomic E-state index is -0.263. The normalized spacial score (nSPS) is 10.6. The van der Waals surface area contributed by atoms with Crippen LogP contribution in [-0.2, 0) is 9.59 Å². The van der Waals surface area contributed by atoms with Gasteiger partial charge in [0.05, 0.1) is 0 Å². The molecule has 1 aromatic carbocycles. The van der Waals surface area contributed by atoms with Gasteiger partial charge in [-0.2, -0.15) is 0 Å². The zero-order valence-electron chi connectivity index (χ0n) is 13.9. The predicted molar refractivity (Wildman–Crippen MR) is 91.7 cm³/mol. The van der Waals surface area contributed by atoms with E-state index in [2.05, 4.69) is 5.32 Å². The van der Waals surface area contributed by atoms with E-state index in [0.29, 0.717) is 17.2 Å². The van der Waals surface area contributed by atoms with Crippen LogP contribution in [0.4, 0.5) is 5.69 Å². The van der Waals surface area contributed by atoms with Gasteiger partial charge in [-0.05, 0) is 49.4 Å². The highest BCUT2D eigenvalue weighted by Crippen LogP contribution is 2.16. The van der Waals surface area contributed by atoms with E-state index >= 15 is 0 Å². The number of aryl methyl sites for hydroxylation is 1. The first-order chi connectivity index (χ1) is 11.4. The van der Waals surface area contributed by atoms with Gasteiger partial charge in [-0.3, -0.25) is 9.59 Å². The first kappa shape index (κ1) is 17.3. The van der Waals surface area contributed by atoms with Gasteiger partial charge in [0.15, 0.2) is 6.61 Å². The number of nitrogens with one attached hydrogen (secondary N) is 1. The molecule has 0 aliphatic heterocycles. The Morgan fingerprint density at radius 3 is 2.46 bits per heavy atom. The average Bonchev–Trinajstić information content (AvgIpc) is 2.97. The van der Waals surface area contributed by atoms with Crippen LogP contribution in [0.5, 0.6) is 5.75 Å². The molecule has 0 saturated heterocycles. The largest absolute Gasteiger partial charge is 0.484 e. The molecule has 24 heavy (non-hydrogen) atoms. The Kier molecular flexibility index (Phi) is 5.78. The van der Waals surface area contributed by atoms with Crippen molar-refractivity contribution < 1.29 is 18.7 Å². The topological polar surface area (TPSA) is 71.8 Å². The number of anilines is 1. The van der Waals surface area contributed by atoms with Gasteiger partial charge in [-0.15, -0.1) is 0 Å². The van der Waals surface area contributed by atoms with Crippen LogP contribution in [0, 0.1) is 6.92 Å². The molecule has 0 aliphatic carbocycles. The summed E-state index contributed by atoms with van der Waals surface area (Å²) in [6.45, 7) is 1.82. The Hall–Kier alpha value is -3.02. The summed E-state index contributed by atoms with van der Waals surface area (Å²) in [4.78, 5) is 24.8. The van der Waals surface area contributed by atoms with Gasteiger partial charge in [-0.1, -0.05) is 0 Å². The first-order valence-electron chi connectivity index (χ1n) is 7.42. The summed E-state index contributed by atoms with van der Waals surface area (Å²) in [5.41, 5.74) is 0.631. The summed E-state index contributed by atoms with van der Waals surface area (Å²) in [5, 5.41) is 2.73. The molecule has 2 amide bonds. The van der Waals surface area contributed by atoms with Crippen LogP contribution < -0.4 is 10.1 Å². The van der Waals surface area contributed by atoms with Crippen LogP contribution >= 0.6 is 0 Å². The highest BCUT2D eigenvalue weighted by atomic mass is 16.5. The molecule has 126 valence electrons. The molecule has 0 atom stereocenters. The summed E-state index contributed by atoms with van der Waals surface area (Å²) in [7, 11) is 3.34. The van der Waals surface area contributed by atoms with Crippen LogP contribution in [-0.4, -0.2) is 37.4 Å². The van der Waals surface area contributed by atoms with Gasteiger partial charge in [-0.25, -0.2) is 0 Å². The summed E-state index contributed by atoms with van der Waals surface area (Å²) in [6, 6.07) is 10.4. The van der Waals surface area contributed by atoms with Crippen LogP contribution in [0.1, 0.15) is 11.5 Å². The fraction of sp³-hybridized carbons (Fsp3) is 0.222. The molecule has 0 unspecified atom stereocenters. The van der Waals surface area contributed by atoms with Crippen molar-refractivity contribution in [1.29, 1.82) is 0 Å². The van der Waals surface area contributed by atoms with Crippen LogP contribution in [0.3, 0.4) is 0 Å². The quantitative estimate of drug-likeness (QED) is 0.828. The van der Waals surface area contributed by atoms with Gasteiger partial charge >= 0.3 is 0 Å². The second-order valence-corrected chi connectivity index (χ2v) is 5.37. The number of nitrogens with zero attached hydrogens (tertiary/aromatic N) is 1. The first-order valence-corrected chi connectivity index (χ1v) is 7.42. The summed E-state index contributed by atoms with van der Waals surface area (Å²) >= 11 is 0. The molecular weight excluding hydrogens is 308 g/mol. The maximum absolute atomic E-state index is 11.8. The Balaban J connectivity index is 1.85. The van der Waals surface area contributed by atoms with E-state index in [1.165, 1.54) is 11.0 Å². The third-order valence-electron chi connectivity index (χ3n) is 3.14. The molecule has 6 heteroatoms. The number of furan rings is 1. The number of ether oxygens (including phenoxy) is 1. The number of amides is 2. The van der Waals surface area contributed by atoms with E-state index in [1.54, 1.807) is 50.5 Å². The summed E-state index contributed by atoms with van der Waals surface area (Å²) in [6.07, 6.45) is 3.01. The molecule has 1 aromatic heterocycles. The van der Waals surface area contributed by atoms with E-state index in [0.717, 1.165) is 5.76 Å². The zero-order valence-corrected chi connectivity index (χ0v) is 13.9. The zero-order chi connectivity index (χ0) is 17.5. The molecular formula is C18H20N2O4. The van der Waals surface area contributed by atoms with E-state index < -0.39 is 0 Å². The molecule has 2 rings (SSSR count). The van der Waals surface area contributed by atoms with Crippen LogP contribution in [0.25, 0.3) is 6.08 Å². The Morgan fingerprint density at radius 1 is 1.17 bits per heavy atom. The minimum Gasteiger partial charge on any atom is -0.484 e. The van der Waals surface area contributed by atoms with Crippen LogP contribution in [0.2, 0.25) is 0 Å². The second-order valence-electron chi connectivity index (χ2n) is 5.37. The molecule has 1 heterocycles. The van der Waals surface area contributed by atoms with E-state index in [4.69, 9.17) is 9.15 Å².